The lowest BCUT2D eigenvalue weighted by atomic mass is 9.96. The molecule has 0 spiro atoms. The number of hydrogen-bond donors (Lipinski definition) is 0. The van der Waals surface area contributed by atoms with Crippen LogP contribution in [0, 0.1) is 6.92 Å². The predicted octanol–water partition coefficient (Wildman–Crippen LogP) is 5.70. The molecular formula is C15H27NS. The van der Waals surface area contributed by atoms with Crippen molar-refractivity contribution in [1.29, 1.82) is 0 Å². The zero-order valence-electron chi connectivity index (χ0n) is 11.7. The third-order valence-electron chi connectivity index (χ3n) is 3.30. The van der Waals surface area contributed by atoms with Gasteiger partial charge in [0.1, 0.15) is 0 Å². The number of rotatable bonds is 9. The van der Waals surface area contributed by atoms with E-state index in [4.69, 9.17) is 0 Å². The lowest BCUT2D eigenvalue weighted by Gasteiger charge is -2.13. The Bertz CT molecular complexity index is 293. The lowest BCUT2D eigenvalue weighted by molar-refractivity contribution is 0.507. The molecular weight excluding hydrogens is 226 g/mol. The highest BCUT2D eigenvalue weighted by Gasteiger charge is 2.14. The van der Waals surface area contributed by atoms with Gasteiger partial charge < -0.3 is 0 Å². The molecule has 0 fully saturated rings. The maximum Gasteiger partial charge on any atom is 0.0958 e. The molecule has 1 aromatic rings. The second-order valence-electron chi connectivity index (χ2n) is 5.00. The topological polar surface area (TPSA) is 12.9 Å². The zero-order valence-corrected chi connectivity index (χ0v) is 12.5. The number of unbranched alkanes of at least 4 members (excludes halogenated alkanes) is 4. The van der Waals surface area contributed by atoms with Crippen molar-refractivity contribution >= 4 is 11.3 Å². The maximum atomic E-state index is 4.59. The summed E-state index contributed by atoms with van der Waals surface area (Å²) in [4.78, 5) is 5.94. The van der Waals surface area contributed by atoms with Gasteiger partial charge in [0.15, 0.2) is 0 Å². The largest absolute Gasteiger partial charge is 0.249 e. The van der Waals surface area contributed by atoms with E-state index in [0.29, 0.717) is 0 Å². The number of nitrogens with zero attached hydrogens (tertiary/aromatic N) is 1. The van der Waals surface area contributed by atoms with Crippen molar-refractivity contribution < 1.29 is 0 Å². The fourth-order valence-electron chi connectivity index (χ4n) is 2.22. The van der Waals surface area contributed by atoms with E-state index >= 15 is 0 Å². The third-order valence-corrected chi connectivity index (χ3v) is 4.38. The standard InChI is InChI=1S/C15H27NS/c1-4-6-8-9-11-14(10-7-5-2)15-16-12-13(3)17-15/h12,14H,4-11H2,1-3H3. The van der Waals surface area contributed by atoms with E-state index in [1.165, 1.54) is 61.3 Å². The second kappa shape index (κ2) is 8.68. The Morgan fingerprint density at radius 3 is 2.35 bits per heavy atom. The van der Waals surface area contributed by atoms with Crippen LogP contribution in [0.25, 0.3) is 0 Å². The van der Waals surface area contributed by atoms with E-state index in [2.05, 4.69) is 25.8 Å². The second-order valence-corrected chi connectivity index (χ2v) is 6.26. The van der Waals surface area contributed by atoms with Crippen molar-refractivity contribution in [1.82, 2.24) is 4.98 Å². The lowest BCUT2D eigenvalue weighted by Crippen LogP contribution is -1.98. The first-order valence-electron chi connectivity index (χ1n) is 7.20. The molecule has 1 atom stereocenters. The normalized spacial score (nSPS) is 12.9. The quantitative estimate of drug-likeness (QED) is 0.515. The first-order chi connectivity index (χ1) is 8.27. The van der Waals surface area contributed by atoms with Gasteiger partial charge in [-0.25, -0.2) is 4.98 Å². The Labute approximate surface area is 111 Å². The van der Waals surface area contributed by atoms with Crippen LogP contribution in [-0.4, -0.2) is 4.98 Å². The maximum absolute atomic E-state index is 4.59. The molecule has 0 radical (unpaired) electrons. The average molecular weight is 253 g/mol. The van der Waals surface area contributed by atoms with Gasteiger partial charge in [0, 0.05) is 17.0 Å². The smallest absolute Gasteiger partial charge is 0.0958 e. The van der Waals surface area contributed by atoms with Gasteiger partial charge in [-0.05, 0) is 19.8 Å². The summed E-state index contributed by atoms with van der Waals surface area (Å²) in [6.45, 7) is 6.72. The molecule has 0 aliphatic heterocycles. The van der Waals surface area contributed by atoms with Gasteiger partial charge in [0.2, 0.25) is 0 Å². The molecule has 0 aliphatic rings. The minimum absolute atomic E-state index is 0.727. The van der Waals surface area contributed by atoms with Crippen LogP contribution >= 0.6 is 11.3 Å². The highest BCUT2D eigenvalue weighted by molar-refractivity contribution is 7.11. The SMILES string of the molecule is CCCCCCC(CCCC)c1ncc(C)s1. The van der Waals surface area contributed by atoms with E-state index in [9.17, 15) is 0 Å². The summed E-state index contributed by atoms with van der Waals surface area (Å²) >= 11 is 1.90. The summed E-state index contributed by atoms with van der Waals surface area (Å²) in [6.07, 6.45) is 12.8. The van der Waals surface area contributed by atoms with Crippen molar-refractivity contribution in [3.8, 4) is 0 Å². The van der Waals surface area contributed by atoms with Gasteiger partial charge in [-0.15, -0.1) is 11.3 Å². The molecule has 17 heavy (non-hydrogen) atoms. The summed E-state index contributed by atoms with van der Waals surface area (Å²) in [5.74, 6) is 0.727. The van der Waals surface area contributed by atoms with E-state index in [0.717, 1.165) is 5.92 Å². The molecule has 0 saturated heterocycles. The van der Waals surface area contributed by atoms with Crippen LogP contribution in [0.2, 0.25) is 0 Å². The van der Waals surface area contributed by atoms with E-state index < -0.39 is 0 Å². The number of aromatic nitrogens is 1. The Balaban J connectivity index is 2.42. The molecule has 0 aliphatic carbocycles. The van der Waals surface area contributed by atoms with Crippen LogP contribution in [-0.2, 0) is 0 Å². The highest BCUT2D eigenvalue weighted by Crippen LogP contribution is 2.30. The van der Waals surface area contributed by atoms with Crippen LogP contribution in [0.5, 0.6) is 0 Å². The van der Waals surface area contributed by atoms with Gasteiger partial charge in [-0.2, -0.15) is 0 Å². The van der Waals surface area contributed by atoms with Gasteiger partial charge in [0.05, 0.1) is 5.01 Å². The van der Waals surface area contributed by atoms with Gasteiger partial charge >= 0.3 is 0 Å². The molecule has 0 saturated carbocycles. The van der Waals surface area contributed by atoms with Crippen molar-refractivity contribution in [2.75, 3.05) is 0 Å². The predicted molar refractivity (Wildman–Crippen MR) is 77.9 cm³/mol. The van der Waals surface area contributed by atoms with Gasteiger partial charge in [0.25, 0.3) is 0 Å². The minimum atomic E-state index is 0.727. The van der Waals surface area contributed by atoms with Crippen LogP contribution < -0.4 is 0 Å². The fourth-order valence-corrected chi connectivity index (χ4v) is 3.16. The Hall–Kier alpha value is -0.370. The van der Waals surface area contributed by atoms with Crippen molar-refractivity contribution in [3.05, 3.63) is 16.1 Å². The first-order valence-corrected chi connectivity index (χ1v) is 8.01. The van der Waals surface area contributed by atoms with Gasteiger partial charge in [-0.1, -0.05) is 52.4 Å². The number of hydrogen-bond acceptors (Lipinski definition) is 2. The molecule has 0 N–H and O–H groups in total. The van der Waals surface area contributed by atoms with Crippen LogP contribution in [0.4, 0.5) is 0 Å². The molecule has 0 bridgehead atoms. The summed E-state index contributed by atoms with van der Waals surface area (Å²) in [5, 5.41) is 1.38. The van der Waals surface area contributed by atoms with Crippen molar-refractivity contribution in [2.45, 2.75) is 78.1 Å². The monoisotopic (exact) mass is 253 g/mol. The summed E-state index contributed by atoms with van der Waals surface area (Å²) < 4.78 is 0. The molecule has 98 valence electrons. The summed E-state index contributed by atoms with van der Waals surface area (Å²) in [5.41, 5.74) is 0. The van der Waals surface area contributed by atoms with Crippen LogP contribution in [0.15, 0.2) is 6.20 Å². The van der Waals surface area contributed by atoms with Crippen molar-refractivity contribution in [2.24, 2.45) is 0 Å². The molecule has 1 heterocycles. The third kappa shape index (κ3) is 5.67. The Morgan fingerprint density at radius 2 is 1.76 bits per heavy atom. The van der Waals surface area contributed by atoms with Crippen LogP contribution in [0.3, 0.4) is 0 Å². The van der Waals surface area contributed by atoms with Crippen LogP contribution in [0.1, 0.15) is 81.0 Å². The molecule has 1 rings (SSSR count). The number of aryl methyl sites for hydroxylation is 1. The Kier molecular flexibility index (Phi) is 7.50. The van der Waals surface area contributed by atoms with E-state index in [1.807, 2.05) is 17.5 Å². The highest BCUT2D eigenvalue weighted by atomic mass is 32.1. The molecule has 0 aromatic carbocycles. The van der Waals surface area contributed by atoms with E-state index in [1.54, 1.807) is 0 Å². The van der Waals surface area contributed by atoms with Gasteiger partial charge in [-0.3, -0.25) is 0 Å². The molecule has 1 unspecified atom stereocenters. The summed E-state index contributed by atoms with van der Waals surface area (Å²) in [7, 11) is 0. The molecule has 2 heteroatoms. The molecule has 0 amide bonds. The summed E-state index contributed by atoms with van der Waals surface area (Å²) in [6, 6.07) is 0. The van der Waals surface area contributed by atoms with Crippen molar-refractivity contribution in [3.63, 3.8) is 0 Å². The average Bonchev–Trinajstić information content (AvgIpc) is 2.75. The Morgan fingerprint density at radius 1 is 1.06 bits per heavy atom. The fraction of sp³-hybridized carbons (Fsp3) is 0.800. The number of thiazole rings is 1. The van der Waals surface area contributed by atoms with E-state index in [-0.39, 0.29) is 0 Å². The minimum Gasteiger partial charge on any atom is -0.249 e. The zero-order chi connectivity index (χ0) is 12.5. The molecule has 1 aromatic heterocycles. The molecule has 1 nitrogen and oxygen atoms in total. The first kappa shape index (κ1) is 14.7.